The summed E-state index contributed by atoms with van der Waals surface area (Å²) in [5.41, 5.74) is 1.23. The molecule has 0 radical (unpaired) electrons. The van der Waals surface area contributed by atoms with Crippen molar-refractivity contribution in [1.29, 1.82) is 0 Å². The number of benzene rings is 1. The van der Waals surface area contributed by atoms with E-state index in [0.717, 1.165) is 31.2 Å². The Balaban J connectivity index is 1.77. The number of amides is 1. The second-order valence-electron chi connectivity index (χ2n) is 6.03. The lowest BCUT2D eigenvalue weighted by Gasteiger charge is -2.12. The minimum atomic E-state index is -3.77. The quantitative estimate of drug-likeness (QED) is 0.770. The molecule has 3 rings (SSSR count). The molecule has 3 N–H and O–H groups in total. The van der Waals surface area contributed by atoms with Gasteiger partial charge < -0.3 is 5.32 Å². The summed E-state index contributed by atoms with van der Waals surface area (Å²) in [5.74, 6) is -0.346. The standard InChI is InChI=1S/C16H20N4O3S/c1-11-6-8-13(9-7-11)24(22,23)20-14-10-17-19-15(14)16(21)18-12-4-2-3-5-12/h6-10,12,20H,2-5H2,1H3,(H,17,19)(H,18,21). The third-order valence-corrected chi connectivity index (χ3v) is 5.51. The van der Waals surface area contributed by atoms with Crippen molar-refractivity contribution in [2.45, 2.75) is 43.5 Å². The Kier molecular flexibility index (Phi) is 4.57. The number of carbonyl (C=O) groups is 1. The number of anilines is 1. The summed E-state index contributed by atoms with van der Waals surface area (Å²) in [5, 5.41) is 9.28. The molecule has 1 saturated carbocycles. The molecule has 8 heteroatoms. The van der Waals surface area contributed by atoms with Crippen LogP contribution in [0.2, 0.25) is 0 Å². The van der Waals surface area contributed by atoms with Crippen molar-refractivity contribution in [2.24, 2.45) is 0 Å². The van der Waals surface area contributed by atoms with Crippen LogP contribution >= 0.6 is 0 Å². The number of nitrogens with one attached hydrogen (secondary N) is 3. The molecule has 1 aliphatic rings. The first-order chi connectivity index (χ1) is 11.5. The van der Waals surface area contributed by atoms with Gasteiger partial charge in [0, 0.05) is 6.04 Å². The summed E-state index contributed by atoms with van der Waals surface area (Å²) < 4.78 is 27.3. The highest BCUT2D eigenvalue weighted by Gasteiger charge is 2.23. The minimum Gasteiger partial charge on any atom is -0.348 e. The van der Waals surface area contributed by atoms with Crippen LogP contribution in [-0.4, -0.2) is 30.6 Å². The van der Waals surface area contributed by atoms with Crippen molar-refractivity contribution in [2.75, 3.05) is 4.72 Å². The van der Waals surface area contributed by atoms with E-state index >= 15 is 0 Å². The van der Waals surface area contributed by atoms with Crippen molar-refractivity contribution < 1.29 is 13.2 Å². The van der Waals surface area contributed by atoms with Gasteiger partial charge in [0.2, 0.25) is 0 Å². The zero-order valence-corrected chi connectivity index (χ0v) is 14.2. The highest BCUT2D eigenvalue weighted by molar-refractivity contribution is 7.92. The summed E-state index contributed by atoms with van der Waals surface area (Å²) in [6, 6.07) is 6.63. The third kappa shape index (κ3) is 3.59. The third-order valence-electron chi connectivity index (χ3n) is 4.13. The number of aromatic amines is 1. The second-order valence-corrected chi connectivity index (χ2v) is 7.71. The number of aromatic nitrogens is 2. The van der Waals surface area contributed by atoms with E-state index < -0.39 is 10.0 Å². The molecule has 24 heavy (non-hydrogen) atoms. The van der Waals surface area contributed by atoms with Gasteiger partial charge in [-0.3, -0.25) is 14.6 Å². The first kappa shape index (κ1) is 16.5. The van der Waals surface area contributed by atoms with Gasteiger partial charge in [-0.2, -0.15) is 5.10 Å². The van der Waals surface area contributed by atoms with Crippen molar-refractivity contribution in [3.8, 4) is 0 Å². The molecule has 0 unspecified atom stereocenters. The Bertz CT molecular complexity index is 821. The Hall–Kier alpha value is -2.35. The maximum Gasteiger partial charge on any atom is 0.271 e. The topological polar surface area (TPSA) is 104 Å². The normalized spacial score (nSPS) is 15.4. The van der Waals surface area contributed by atoms with Crippen LogP contribution in [0.4, 0.5) is 5.69 Å². The van der Waals surface area contributed by atoms with Crippen molar-refractivity contribution >= 4 is 21.6 Å². The van der Waals surface area contributed by atoms with Crippen molar-refractivity contribution in [3.05, 3.63) is 41.7 Å². The molecule has 0 atom stereocenters. The predicted octanol–water partition coefficient (Wildman–Crippen LogP) is 2.19. The van der Waals surface area contributed by atoms with Crippen LogP contribution in [0, 0.1) is 6.92 Å². The Morgan fingerprint density at radius 2 is 1.88 bits per heavy atom. The summed E-state index contributed by atoms with van der Waals surface area (Å²) in [6.45, 7) is 1.88. The van der Waals surface area contributed by atoms with Crippen molar-refractivity contribution in [3.63, 3.8) is 0 Å². The number of carbonyl (C=O) groups excluding carboxylic acids is 1. The van der Waals surface area contributed by atoms with Gasteiger partial charge in [-0.15, -0.1) is 0 Å². The monoisotopic (exact) mass is 348 g/mol. The largest absolute Gasteiger partial charge is 0.348 e. The molecule has 1 heterocycles. The lowest BCUT2D eigenvalue weighted by molar-refractivity contribution is 0.0933. The molecule has 0 saturated heterocycles. The molecule has 1 aromatic carbocycles. The van der Waals surface area contributed by atoms with Crippen LogP contribution in [-0.2, 0) is 10.0 Å². The molecular formula is C16H20N4O3S. The van der Waals surface area contributed by atoms with Gasteiger partial charge in [0.15, 0.2) is 0 Å². The Morgan fingerprint density at radius 1 is 1.21 bits per heavy atom. The Labute approximate surface area is 140 Å². The first-order valence-electron chi connectivity index (χ1n) is 7.89. The van der Waals surface area contributed by atoms with E-state index in [4.69, 9.17) is 0 Å². The summed E-state index contributed by atoms with van der Waals surface area (Å²) in [6.07, 6.45) is 5.39. The van der Waals surface area contributed by atoms with Gasteiger partial charge in [0.1, 0.15) is 5.69 Å². The SMILES string of the molecule is Cc1ccc(S(=O)(=O)Nc2cn[nH]c2C(=O)NC2CCCC2)cc1. The van der Waals surface area contributed by atoms with Crippen molar-refractivity contribution in [1.82, 2.24) is 15.5 Å². The summed E-state index contributed by atoms with van der Waals surface area (Å²) >= 11 is 0. The number of sulfonamides is 1. The van der Waals surface area contributed by atoms with E-state index in [9.17, 15) is 13.2 Å². The lowest BCUT2D eigenvalue weighted by Crippen LogP contribution is -2.33. The lowest BCUT2D eigenvalue weighted by atomic mass is 10.2. The number of nitrogens with zero attached hydrogens (tertiary/aromatic N) is 1. The average Bonchev–Trinajstić information content (AvgIpc) is 3.19. The van der Waals surface area contributed by atoms with E-state index in [0.29, 0.717) is 0 Å². The molecule has 1 amide bonds. The summed E-state index contributed by atoms with van der Waals surface area (Å²) in [4.78, 5) is 12.5. The van der Waals surface area contributed by atoms with Crippen LogP contribution in [0.15, 0.2) is 35.4 Å². The molecule has 2 aromatic rings. The number of aryl methyl sites for hydroxylation is 1. The highest BCUT2D eigenvalue weighted by Crippen LogP contribution is 2.21. The second kappa shape index (κ2) is 6.64. The fourth-order valence-corrected chi connectivity index (χ4v) is 3.84. The molecule has 128 valence electrons. The van der Waals surface area contributed by atoms with Gasteiger partial charge in [-0.05, 0) is 31.9 Å². The van der Waals surface area contributed by atoms with E-state index in [1.807, 2.05) is 6.92 Å². The molecule has 1 aromatic heterocycles. The van der Waals surface area contributed by atoms with E-state index in [1.165, 1.54) is 18.3 Å². The van der Waals surface area contributed by atoms with Crippen LogP contribution in [0.5, 0.6) is 0 Å². The molecular weight excluding hydrogens is 328 g/mol. The zero-order chi connectivity index (χ0) is 17.2. The maximum atomic E-state index is 12.4. The fourth-order valence-electron chi connectivity index (χ4n) is 2.79. The smallest absolute Gasteiger partial charge is 0.271 e. The maximum absolute atomic E-state index is 12.4. The van der Waals surface area contributed by atoms with Crippen LogP contribution in [0.3, 0.4) is 0 Å². The van der Waals surface area contributed by atoms with Gasteiger partial charge >= 0.3 is 0 Å². The van der Waals surface area contributed by atoms with Gasteiger partial charge in [0.25, 0.3) is 15.9 Å². The average molecular weight is 348 g/mol. The van der Waals surface area contributed by atoms with E-state index in [-0.39, 0.29) is 28.2 Å². The molecule has 0 spiro atoms. The molecule has 7 nitrogen and oxygen atoms in total. The van der Waals surface area contributed by atoms with E-state index in [2.05, 4.69) is 20.2 Å². The predicted molar refractivity (Wildman–Crippen MR) is 90.3 cm³/mol. The van der Waals surface area contributed by atoms with Crippen LogP contribution in [0.1, 0.15) is 41.7 Å². The summed E-state index contributed by atoms with van der Waals surface area (Å²) in [7, 11) is -3.77. The number of hydrogen-bond acceptors (Lipinski definition) is 4. The van der Waals surface area contributed by atoms with Crippen LogP contribution < -0.4 is 10.0 Å². The van der Waals surface area contributed by atoms with Crippen LogP contribution in [0.25, 0.3) is 0 Å². The number of rotatable bonds is 5. The fraction of sp³-hybridized carbons (Fsp3) is 0.375. The van der Waals surface area contributed by atoms with Gasteiger partial charge in [0.05, 0.1) is 16.8 Å². The van der Waals surface area contributed by atoms with Gasteiger partial charge in [-0.1, -0.05) is 30.5 Å². The minimum absolute atomic E-state index is 0.123. The van der Waals surface area contributed by atoms with E-state index in [1.54, 1.807) is 12.1 Å². The highest BCUT2D eigenvalue weighted by atomic mass is 32.2. The first-order valence-corrected chi connectivity index (χ1v) is 9.38. The zero-order valence-electron chi connectivity index (χ0n) is 13.4. The molecule has 1 fully saturated rings. The molecule has 0 bridgehead atoms. The van der Waals surface area contributed by atoms with Gasteiger partial charge in [-0.25, -0.2) is 8.42 Å². The molecule has 1 aliphatic carbocycles. The Morgan fingerprint density at radius 3 is 2.54 bits per heavy atom. The number of hydrogen-bond donors (Lipinski definition) is 3. The molecule has 0 aliphatic heterocycles. The number of H-pyrrole nitrogens is 1.